The predicted molar refractivity (Wildman–Crippen MR) is 94.0 cm³/mol. The van der Waals surface area contributed by atoms with Crippen molar-refractivity contribution >= 4 is 28.1 Å². The summed E-state index contributed by atoms with van der Waals surface area (Å²) in [5.74, 6) is -1.50. The summed E-state index contributed by atoms with van der Waals surface area (Å²) in [5, 5.41) is 17.7. The zero-order chi connectivity index (χ0) is 18.7. The number of anilines is 2. The van der Waals surface area contributed by atoms with Crippen molar-refractivity contribution in [3.05, 3.63) is 64.0 Å². The van der Waals surface area contributed by atoms with Gasteiger partial charge in [-0.15, -0.1) is 0 Å². The zero-order valence-corrected chi connectivity index (χ0v) is 13.8. The van der Waals surface area contributed by atoms with E-state index in [1.165, 1.54) is 18.5 Å². The van der Waals surface area contributed by atoms with Gasteiger partial charge in [-0.05, 0) is 30.7 Å². The molecule has 0 saturated carbocycles. The van der Waals surface area contributed by atoms with E-state index in [9.17, 15) is 18.9 Å². The quantitative estimate of drug-likeness (QED) is 0.513. The minimum absolute atomic E-state index is 0.0926. The molecule has 134 valence electrons. The van der Waals surface area contributed by atoms with Crippen LogP contribution in [0.25, 0.3) is 10.9 Å². The van der Waals surface area contributed by atoms with Crippen LogP contribution in [0.3, 0.4) is 0 Å². The van der Waals surface area contributed by atoms with Crippen molar-refractivity contribution in [2.75, 3.05) is 17.2 Å². The average Bonchev–Trinajstić information content (AvgIpc) is 2.62. The Kier molecular flexibility index (Phi) is 4.87. The maximum Gasteiger partial charge on any atom is 0.293 e. The van der Waals surface area contributed by atoms with Crippen molar-refractivity contribution in [1.82, 2.24) is 9.97 Å². The molecule has 3 rings (SSSR count). The Morgan fingerprint density at radius 1 is 1.12 bits per heavy atom. The fraction of sp³-hybridized carbons (Fsp3) is 0.176. The van der Waals surface area contributed by atoms with Crippen molar-refractivity contribution in [2.24, 2.45) is 0 Å². The Morgan fingerprint density at radius 2 is 1.92 bits per heavy atom. The third kappa shape index (κ3) is 3.51. The summed E-state index contributed by atoms with van der Waals surface area (Å²) in [7, 11) is 0. The molecule has 0 bridgehead atoms. The molecule has 0 atom stereocenters. The summed E-state index contributed by atoms with van der Waals surface area (Å²) >= 11 is 0. The van der Waals surface area contributed by atoms with Gasteiger partial charge in [0.05, 0.1) is 10.4 Å². The summed E-state index contributed by atoms with van der Waals surface area (Å²) in [6, 6.07) is 6.54. The fourth-order valence-corrected chi connectivity index (χ4v) is 2.55. The van der Waals surface area contributed by atoms with Gasteiger partial charge >= 0.3 is 0 Å². The second-order valence-corrected chi connectivity index (χ2v) is 5.50. The molecule has 0 amide bonds. The first-order valence-electron chi connectivity index (χ1n) is 7.84. The zero-order valence-electron chi connectivity index (χ0n) is 13.8. The van der Waals surface area contributed by atoms with Crippen LogP contribution in [0.15, 0.2) is 36.7 Å². The van der Waals surface area contributed by atoms with E-state index in [0.29, 0.717) is 34.5 Å². The van der Waals surface area contributed by atoms with E-state index in [-0.39, 0.29) is 12.2 Å². The van der Waals surface area contributed by atoms with Gasteiger partial charge in [-0.25, -0.2) is 18.7 Å². The monoisotopic (exact) mass is 359 g/mol. The van der Waals surface area contributed by atoms with Gasteiger partial charge in [0, 0.05) is 24.5 Å². The van der Waals surface area contributed by atoms with Crippen LogP contribution >= 0.6 is 0 Å². The van der Waals surface area contributed by atoms with Crippen LogP contribution < -0.4 is 10.6 Å². The van der Waals surface area contributed by atoms with Crippen molar-refractivity contribution in [1.29, 1.82) is 0 Å². The number of rotatable bonds is 6. The number of hydrogen-bond donors (Lipinski definition) is 2. The van der Waals surface area contributed by atoms with Crippen LogP contribution in [0.1, 0.15) is 12.5 Å². The summed E-state index contributed by atoms with van der Waals surface area (Å²) < 4.78 is 26.3. The van der Waals surface area contributed by atoms with Gasteiger partial charge in [-0.3, -0.25) is 10.1 Å². The SMILES string of the molecule is CCNc1cc2ncnc(NCc3ccc(F)c(F)c3)c2cc1[N+](=O)[O-]. The Balaban J connectivity index is 1.96. The van der Waals surface area contributed by atoms with E-state index in [0.717, 1.165) is 12.1 Å². The minimum Gasteiger partial charge on any atom is -0.380 e. The van der Waals surface area contributed by atoms with Crippen molar-refractivity contribution in [3.8, 4) is 0 Å². The molecular formula is C17H15F2N5O2. The Hall–Kier alpha value is -3.36. The smallest absolute Gasteiger partial charge is 0.293 e. The van der Waals surface area contributed by atoms with E-state index in [1.54, 1.807) is 6.07 Å². The molecule has 0 saturated heterocycles. The number of nitro benzene ring substituents is 1. The lowest BCUT2D eigenvalue weighted by Gasteiger charge is -2.11. The number of benzene rings is 2. The highest BCUT2D eigenvalue weighted by Gasteiger charge is 2.17. The second kappa shape index (κ2) is 7.26. The first-order chi connectivity index (χ1) is 12.5. The molecule has 0 spiro atoms. The molecule has 1 aromatic heterocycles. The molecule has 1 heterocycles. The largest absolute Gasteiger partial charge is 0.380 e. The van der Waals surface area contributed by atoms with E-state index in [2.05, 4.69) is 20.6 Å². The van der Waals surface area contributed by atoms with Gasteiger partial charge in [0.15, 0.2) is 11.6 Å². The van der Waals surface area contributed by atoms with Crippen LogP contribution in [0.2, 0.25) is 0 Å². The maximum atomic E-state index is 13.3. The summed E-state index contributed by atoms with van der Waals surface area (Å²) in [6.45, 7) is 2.54. The van der Waals surface area contributed by atoms with Crippen LogP contribution in [0.5, 0.6) is 0 Å². The standard InChI is InChI=1S/C17H15F2N5O2/c1-2-20-15-7-14-11(6-16(15)24(25)26)17(23-9-22-14)21-8-10-3-4-12(18)13(19)5-10/h3-7,9,20H,2,8H2,1H3,(H,21,22,23). The normalized spacial score (nSPS) is 10.7. The van der Waals surface area contributed by atoms with Gasteiger partial charge in [0.2, 0.25) is 0 Å². The Morgan fingerprint density at radius 3 is 2.62 bits per heavy atom. The number of halogens is 2. The molecule has 0 unspecified atom stereocenters. The molecule has 26 heavy (non-hydrogen) atoms. The number of nitrogens with zero attached hydrogens (tertiary/aromatic N) is 3. The van der Waals surface area contributed by atoms with Gasteiger partial charge in [-0.2, -0.15) is 0 Å². The van der Waals surface area contributed by atoms with E-state index in [4.69, 9.17) is 0 Å². The molecule has 0 aliphatic rings. The highest BCUT2D eigenvalue weighted by atomic mass is 19.2. The first kappa shape index (κ1) is 17.5. The topological polar surface area (TPSA) is 93.0 Å². The maximum absolute atomic E-state index is 13.3. The lowest BCUT2D eigenvalue weighted by atomic mass is 10.1. The molecule has 2 aromatic carbocycles. The van der Waals surface area contributed by atoms with Gasteiger partial charge < -0.3 is 10.6 Å². The molecule has 7 nitrogen and oxygen atoms in total. The van der Waals surface area contributed by atoms with Crippen LogP contribution in [0, 0.1) is 21.7 Å². The van der Waals surface area contributed by atoms with Gasteiger partial charge in [-0.1, -0.05) is 6.07 Å². The lowest BCUT2D eigenvalue weighted by molar-refractivity contribution is -0.383. The minimum atomic E-state index is -0.942. The van der Waals surface area contributed by atoms with Crippen molar-refractivity contribution in [3.63, 3.8) is 0 Å². The van der Waals surface area contributed by atoms with E-state index < -0.39 is 16.6 Å². The van der Waals surface area contributed by atoms with Gasteiger partial charge in [0.1, 0.15) is 17.8 Å². The number of fused-ring (bicyclic) bond motifs is 1. The molecule has 0 fully saturated rings. The average molecular weight is 359 g/mol. The van der Waals surface area contributed by atoms with Crippen LogP contribution in [-0.4, -0.2) is 21.4 Å². The van der Waals surface area contributed by atoms with Crippen LogP contribution in [0.4, 0.5) is 26.0 Å². The number of nitro groups is 1. The number of aromatic nitrogens is 2. The highest BCUT2D eigenvalue weighted by Crippen LogP contribution is 2.32. The first-order valence-corrected chi connectivity index (χ1v) is 7.84. The number of nitrogens with one attached hydrogen (secondary N) is 2. The Labute approximate surface area is 147 Å². The molecule has 3 aromatic rings. The molecule has 0 aliphatic carbocycles. The molecule has 0 radical (unpaired) electrons. The van der Waals surface area contributed by atoms with Crippen molar-refractivity contribution < 1.29 is 13.7 Å². The molecule has 2 N–H and O–H groups in total. The van der Waals surface area contributed by atoms with E-state index >= 15 is 0 Å². The Bertz CT molecular complexity index is 981. The number of hydrogen-bond acceptors (Lipinski definition) is 6. The summed E-state index contributed by atoms with van der Waals surface area (Å²) in [4.78, 5) is 19.1. The molecular weight excluding hydrogens is 344 g/mol. The molecule has 9 heteroatoms. The summed E-state index contributed by atoms with van der Waals surface area (Å²) in [5.41, 5.74) is 1.31. The van der Waals surface area contributed by atoms with Crippen molar-refractivity contribution in [2.45, 2.75) is 13.5 Å². The van der Waals surface area contributed by atoms with Gasteiger partial charge in [0.25, 0.3) is 5.69 Å². The second-order valence-electron chi connectivity index (χ2n) is 5.50. The fourth-order valence-electron chi connectivity index (χ4n) is 2.55. The third-order valence-corrected chi connectivity index (χ3v) is 3.76. The van der Waals surface area contributed by atoms with Crippen LogP contribution in [-0.2, 0) is 6.54 Å². The molecule has 0 aliphatic heterocycles. The van der Waals surface area contributed by atoms with E-state index in [1.807, 2.05) is 6.92 Å². The highest BCUT2D eigenvalue weighted by molar-refractivity contribution is 5.94. The third-order valence-electron chi connectivity index (χ3n) is 3.76. The lowest BCUT2D eigenvalue weighted by Crippen LogP contribution is -2.05. The summed E-state index contributed by atoms with van der Waals surface area (Å²) in [6.07, 6.45) is 1.33. The predicted octanol–water partition coefficient (Wildman–Crippen LogP) is 3.86.